The van der Waals surface area contributed by atoms with Gasteiger partial charge in [-0.2, -0.15) is 5.10 Å². The third-order valence-corrected chi connectivity index (χ3v) is 4.80. The summed E-state index contributed by atoms with van der Waals surface area (Å²) < 4.78 is 47.5. The molecule has 2 aliphatic rings. The van der Waals surface area contributed by atoms with E-state index in [-0.39, 0.29) is 12.3 Å². The van der Waals surface area contributed by atoms with Crippen molar-refractivity contribution in [3.63, 3.8) is 0 Å². The Labute approximate surface area is 142 Å². The molecule has 0 atom stereocenters. The Kier molecular flexibility index (Phi) is 3.35. The fourth-order valence-corrected chi connectivity index (χ4v) is 3.30. The molecule has 0 N–H and O–H groups in total. The van der Waals surface area contributed by atoms with Crippen LogP contribution >= 0.6 is 0 Å². The number of hydrogen-bond donors (Lipinski definition) is 0. The highest BCUT2D eigenvalue weighted by molar-refractivity contribution is 5.88. The predicted molar refractivity (Wildman–Crippen MR) is 83.7 cm³/mol. The molecule has 1 aliphatic heterocycles. The molecule has 0 bridgehead atoms. The molecule has 1 spiro atoms. The van der Waals surface area contributed by atoms with E-state index in [4.69, 9.17) is 4.74 Å². The maximum atomic E-state index is 14.0. The van der Waals surface area contributed by atoms with Crippen LogP contribution in [0.1, 0.15) is 30.3 Å². The molecule has 1 saturated heterocycles. The van der Waals surface area contributed by atoms with E-state index in [0.29, 0.717) is 24.3 Å². The standard InChI is InChI=1S/C17H16F3N3O2/c1-2-25-15(24)13-9-14(22-10-17(19,20)16(22)7-8-16)23(21-13)12-5-3-11(18)4-6-12/h3-6,9H,2,7-8,10H2,1H3. The third-order valence-electron chi connectivity index (χ3n) is 4.80. The van der Waals surface area contributed by atoms with Crippen molar-refractivity contribution in [3.8, 4) is 5.69 Å². The lowest BCUT2D eigenvalue weighted by atomic mass is 9.95. The molecule has 1 saturated carbocycles. The molecule has 25 heavy (non-hydrogen) atoms. The van der Waals surface area contributed by atoms with Gasteiger partial charge in [0.2, 0.25) is 0 Å². The number of nitrogens with zero attached hydrogens (tertiary/aromatic N) is 3. The summed E-state index contributed by atoms with van der Waals surface area (Å²) in [4.78, 5) is 13.6. The van der Waals surface area contributed by atoms with Gasteiger partial charge in [-0.25, -0.2) is 22.6 Å². The number of esters is 1. The summed E-state index contributed by atoms with van der Waals surface area (Å²) in [6.07, 6.45) is 0.784. The molecule has 5 nitrogen and oxygen atoms in total. The van der Waals surface area contributed by atoms with Gasteiger partial charge in [-0.1, -0.05) is 0 Å². The minimum atomic E-state index is -2.75. The summed E-state index contributed by atoms with van der Waals surface area (Å²) in [5.41, 5.74) is -0.665. The molecule has 2 aromatic rings. The molecule has 1 aliphatic carbocycles. The van der Waals surface area contributed by atoms with Crippen molar-refractivity contribution in [1.82, 2.24) is 9.78 Å². The van der Waals surface area contributed by atoms with Crippen LogP contribution in [-0.2, 0) is 4.74 Å². The zero-order valence-electron chi connectivity index (χ0n) is 13.5. The SMILES string of the molecule is CCOC(=O)c1cc(N2CC(F)(F)C23CC3)n(-c2ccc(F)cc2)n1. The van der Waals surface area contributed by atoms with Crippen molar-refractivity contribution in [1.29, 1.82) is 0 Å². The molecule has 0 amide bonds. The fraction of sp³-hybridized carbons (Fsp3) is 0.412. The number of alkyl halides is 2. The average molecular weight is 351 g/mol. The van der Waals surface area contributed by atoms with E-state index in [2.05, 4.69) is 5.10 Å². The first-order valence-electron chi connectivity index (χ1n) is 8.06. The minimum Gasteiger partial charge on any atom is -0.461 e. The van der Waals surface area contributed by atoms with E-state index >= 15 is 0 Å². The van der Waals surface area contributed by atoms with Gasteiger partial charge in [-0.15, -0.1) is 0 Å². The highest BCUT2D eigenvalue weighted by Gasteiger charge is 2.74. The summed E-state index contributed by atoms with van der Waals surface area (Å²) in [6, 6.07) is 6.93. The lowest BCUT2D eigenvalue weighted by Crippen LogP contribution is -2.68. The van der Waals surface area contributed by atoms with Crippen LogP contribution in [0.4, 0.5) is 19.0 Å². The number of rotatable bonds is 4. The zero-order chi connectivity index (χ0) is 17.8. The topological polar surface area (TPSA) is 47.4 Å². The molecule has 4 rings (SSSR count). The molecular weight excluding hydrogens is 335 g/mol. The van der Waals surface area contributed by atoms with Crippen LogP contribution in [0, 0.1) is 5.82 Å². The third kappa shape index (κ3) is 2.31. The van der Waals surface area contributed by atoms with Gasteiger partial charge in [0.05, 0.1) is 18.8 Å². The summed E-state index contributed by atoms with van der Waals surface area (Å²) in [6.45, 7) is 1.43. The van der Waals surface area contributed by atoms with Gasteiger partial charge in [0.15, 0.2) is 5.69 Å². The largest absolute Gasteiger partial charge is 0.461 e. The fourth-order valence-electron chi connectivity index (χ4n) is 3.30. The Bertz CT molecular complexity index is 828. The number of aromatic nitrogens is 2. The summed E-state index contributed by atoms with van der Waals surface area (Å²) in [7, 11) is 0. The van der Waals surface area contributed by atoms with Crippen molar-refractivity contribution in [2.75, 3.05) is 18.1 Å². The first kappa shape index (κ1) is 16.0. The van der Waals surface area contributed by atoms with E-state index in [1.165, 1.54) is 35.0 Å². The first-order chi connectivity index (χ1) is 11.9. The van der Waals surface area contributed by atoms with Gasteiger partial charge in [0.1, 0.15) is 17.2 Å². The van der Waals surface area contributed by atoms with Crippen LogP contribution in [0.3, 0.4) is 0 Å². The van der Waals surface area contributed by atoms with Crippen LogP contribution in [0.5, 0.6) is 0 Å². The number of hydrogen-bond acceptors (Lipinski definition) is 4. The number of ether oxygens (including phenoxy) is 1. The zero-order valence-corrected chi connectivity index (χ0v) is 13.5. The van der Waals surface area contributed by atoms with Crippen molar-refractivity contribution < 1.29 is 22.7 Å². The van der Waals surface area contributed by atoms with Gasteiger partial charge in [-0.05, 0) is 44.0 Å². The highest BCUT2D eigenvalue weighted by Crippen LogP contribution is 2.61. The van der Waals surface area contributed by atoms with Gasteiger partial charge in [0.25, 0.3) is 5.92 Å². The number of carbonyl (C=O) groups excluding carboxylic acids is 1. The highest BCUT2D eigenvalue weighted by atomic mass is 19.3. The minimum absolute atomic E-state index is 0.0344. The van der Waals surface area contributed by atoms with E-state index in [1.807, 2.05) is 0 Å². The lowest BCUT2D eigenvalue weighted by Gasteiger charge is -2.49. The van der Waals surface area contributed by atoms with Gasteiger partial charge >= 0.3 is 5.97 Å². The van der Waals surface area contributed by atoms with Crippen molar-refractivity contribution in [2.24, 2.45) is 0 Å². The average Bonchev–Trinajstić information content (AvgIpc) is 3.31. The summed E-state index contributed by atoms with van der Waals surface area (Å²) in [5, 5.41) is 4.21. The van der Waals surface area contributed by atoms with Gasteiger partial charge in [0, 0.05) is 6.07 Å². The quantitative estimate of drug-likeness (QED) is 0.794. The second kappa shape index (κ2) is 5.24. The monoisotopic (exact) mass is 351 g/mol. The van der Waals surface area contributed by atoms with E-state index in [0.717, 1.165) is 0 Å². The molecule has 132 valence electrons. The molecular formula is C17H16F3N3O2. The number of halogens is 3. The van der Waals surface area contributed by atoms with E-state index in [1.54, 1.807) is 11.8 Å². The van der Waals surface area contributed by atoms with E-state index in [9.17, 15) is 18.0 Å². The maximum Gasteiger partial charge on any atom is 0.358 e. The maximum absolute atomic E-state index is 14.0. The molecule has 0 radical (unpaired) electrons. The predicted octanol–water partition coefficient (Wildman–Crippen LogP) is 3.18. The Balaban J connectivity index is 1.77. The smallest absolute Gasteiger partial charge is 0.358 e. The lowest BCUT2D eigenvalue weighted by molar-refractivity contribution is -0.0839. The molecule has 2 fully saturated rings. The van der Waals surface area contributed by atoms with Crippen LogP contribution < -0.4 is 4.90 Å². The first-order valence-corrected chi connectivity index (χ1v) is 8.06. The van der Waals surface area contributed by atoms with Crippen molar-refractivity contribution >= 4 is 11.8 Å². The molecule has 8 heteroatoms. The number of benzene rings is 1. The second-order valence-electron chi connectivity index (χ2n) is 6.32. The Hall–Kier alpha value is -2.51. The van der Waals surface area contributed by atoms with Crippen LogP contribution in [0.25, 0.3) is 5.69 Å². The van der Waals surface area contributed by atoms with Gasteiger partial charge in [-0.3, -0.25) is 0 Å². The Morgan fingerprint density at radius 2 is 1.96 bits per heavy atom. The van der Waals surface area contributed by atoms with Crippen molar-refractivity contribution in [2.45, 2.75) is 31.2 Å². The number of carbonyl (C=O) groups is 1. The second-order valence-corrected chi connectivity index (χ2v) is 6.32. The van der Waals surface area contributed by atoms with Crippen LogP contribution in [-0.4, -0.2) is 40.4 Å². The normalized spacial score (nSPS) is 19.6. The summed E-state index contributed by atoms with van der Waals surface area (Å²) >= 11 is 0. The molecule has 1 aromatic carbocycles. The number of anilines is 1. The Morgan fingerprint density at radius 3 is 2.52 bits per heavy atom. The van der Waals surface area contributed by atoms with Crippen LogP contribution in [0.15, 0.2) is 30.3 Å². The summed E-state index contributed by atoms with van der Waals surface area (Å²) in [5.74, 6) is -3.41. The van der Waals surface area contributed by atoms with Gasteiger partial charge < -0.3 is 9.64 Å². The van der Waals surface area contributed by atoms with Crippen molar-refractivity contribution in [3.05, 3.63) is 41.8 Å². The molecule has 2 heterocycles. The van der Waals surface area contributed by atoms with Crippen LogP contribution in [0.2, 0.25) is 0 Å². The van der Waals surface area contributed by atoms with E-state index < -0.39 is 29.8 Å². The molecule has 1 aromatic heterocycles. The Morgan fingerprint density at radius 1 is 1.28 bits per heavy atom. The molecule has 0 unspecified atom stereocenters.